The number of anilines is 2. The van der Waals surface area contributed by atoms with Crippen LogP contribution in [0.15, 0.2) is 91.3 Å². The highest BCUT2D eigenvalue weighted by atomic mass is 35.5. The summed E-state index contributed by atoms with van der Waals surface area (Å²) in [5, 5.41) is 2.67. The standard InChI is InChI=1S/C20H15N3O.ClH/c1-3-9-16(10-4-1)23(24-17-11-5-2-6-12-17)20-18-13-7-8-14-19(18)21-15-22-20;/h1-15H;1H. The third-order valence-corrected chi connectivity index (χ3v) is 3.64. The quantitative estimate of drug-likeness (QED) is 0.475. The van der Waals surface area contributed by atoms with Crippen molar-refractivity contribution in [2.24, 2.45) is 0 Å². The van der Waals surface area contributed by atoms with E-state index in [4.69, 9.17) is 4.84 Å². The fourth-order valence-electron chi connectivity index (χ4n) is 2.52. The Bertz CT molecular complexity index is 943. The van der Waals surface area contributed by atoms with Gasteiger partial charge >= 0.3 is 0 Å². The van der Waals surface area contributed by atoms with Gasteiger partial charge < -0.3 is 4.84 Å². The lowest BCUT2D eigenvalue weighted by molar-refractivity contribution is 0.321. The second kappa shape index (κ2) is 7.64. The molecule has 0 saturated heterocycles. The molecule has 3 aromatic carbocycles. The number of rotatable bonds is 4. The fraction of sp³-hybridized carbons (Fsp3) is 0. The molecule has 124 valence electrons. The normalized spacial score (nSPS) is 10.1. The molecule has 4 nitrogen and oxygen atoms in total. The zero-order chi connectivity index (χ0) is 16.2. The van der Waals surface area contributed by atoms with Gasteiger partial charge in [0.2, 0.25) is 0 Å². The van der Waals surface area contributed by atoms with Gasteiger partial charge in [-0.25, -0.2) is 9.97 Å². The predicted octanol–water partition coefficient (Wildman–Crippen LogP) is 5.18. The van der Waals surface area contributed by atoms with E-state index in [-0.39, 0.29) is 12.4 Å². The molecular formula is C20H16ClN3O. The Hall–Kier alpha value is -3.11. The van der Waals surface area contributed by atoms with Crippen LogP contribution in [-0.2, 0) is 0 Å². The van der Waals surface area contributed by atoms with Gasteiger partial charge in [-0.3, -0.25) is 0 Å². The first kappa shape index (κ1) is 16.7. The molecule has 1 heterocycles. The number of para-hydroxylation sites is 3. The highest BCUT2D eigenvalue weighted by Gasteiger charge is 2.16. The molecule has 0 amide bonds. The zero-order valence-electron chi connectivity index (χ0n) is 13.3. The summed E-state index contributed by atoms with van der Waals surface area (Å²) in [6.07, 6.45) is 1.56. The summed E-state index contributed by atoms with van der Waals surface area (Å²) in [5.74, 6) is 1.44. The van der Waals surface area contributed by atoms with Gasteiger partial charge in [-0.15, -0.1) is 12.4 Å². The van der Waals surface area contributed by atoms with Gasteiger partial charge in [-0.05, 0) is 36.4 Å². The number of fused-ring (bicyclic) bond motifs is 1. The fourth-order valence-corrected chi connectivity index (χ4v) is 2.52. The topological polar surface area (TPSA) is 38.2 Å². The lowest BCUT2D eigenvalue weighted by atomic mass is 10.2. The van der Waals surface area contributed by atoms with E-state index in [1.807, 2.05) is 84.9 Å². The van der Waals surface area contributed by atoms with Crippen LogP contribution >= 0.6 is 12.4 Å². The summed E-state index contributed by atoms with van der Waals surface area (Å²) in [5.41, 5.74) is 1.77. The summed E-state index contributed by atoms with van der Waals surface area (Å²) in [7, 11) is 0. The highest BCUT2D eigenvalue weighted by molar-refractivity contribution is 5.90. The Kier molecular flexibility index (Phi) is 5.11. The van der Waals surface area contributed by atoms with Crippen molar-refractivity contribution in [3.8, 4) is 5.75 Å². The molecule has 4 rings (SSSR count). The molecule has 0 aliphatic heterocycles. The molecule has 0 aliphatic carbocycles. The maximum Gasteiger partial charge on any atom is 0.180 e. The molecule has 5 heteroatoms. The van der Waals surface area contributed by atoms with Crippen molar-refractivity contribution in [1.82, 2.24) is 9.97 Å². The molecule has 0 atom stereocenters. The number of benzene rings is 3. The van der Waals surface area contributed by atoms with Crippen molar-refractivity contribution in [2.45, 2.75) is 0 Å². The van der Waals surface area contributed by atoms with Gasteiger partial charge in [0, 0.05) is 5.39 Å². The van der Waals surface area contributed by atoms with Crippen LogP contribution in [0.25, 0.3) is 10.9 Å². The number of hydrogen-bond acceptors (Lipinski definition) is 4. The predicted molar refractivity (Wildman–Crippen MR) is 102 cm³/mol. The van der Waals surface area contributed by atoms with Gasteiger partial charge in [0.15, 0.2) is 11.6 Å². The van der Waals surface area contributed by atoms with E-state index < -0.39 is 0 Å². The smallest absolute Gasteiger partial charge is 0.180 e. The van der Waals surface area contributed by atoms with Crippen molar-refractivity contribution in [2.75, 3.05) is 5.06 Å². The molecule has 0 radical (unpaired) electrons. The van der Waals surface area contributed by atoms with Crippen molar-refractivity contribution in [3.05, 3.63) is 91.3 Å². The second-order valence-corrected chi connectivity index (χ2v) is 5.25. The summed E-state index contributed by atoms with van der Waals surface area (Å²) in [6, 6.07) is 27.5. The Morgan fingerprint density at radius 1 is 0.680 bits per heavy atom. The van der Waals surface area contributed by atoms with Crippen LogP contribution in [0.5, 0.6) is 5.75 Å². The van der Waals surface area contributed by atoms with Crippen molar-refractivity contribution in [1.29, 1.82) is 0 Å². The second-order valence-electron chi connectivity index (χ2n) is 5.25. The Balaban J connectivity index is 0.00000182. The molecule has 0 fully saturated rings. The van der Waals surface area contributed by atoms with Crippen LogP contribution in [0.3, 0.4) is 0 Å². The molecule has 0 saturated carbocycles. The van der Waals surface area contributed by atoms with Crippen LogP contribution in [0.2, 0.25) is 0 Å². The SMILES string of the molecule is Cl.c1ccc(ON(c2ccccc2)c2ncnc3ccccc23)cc1. The molecular weight excluding hydrogens is 334 g/mol. The Labute approximate surface area is 152 Å². The van der Waals surface area contributed by atoms with E-state index in [2.05, 4.69) is 9.97 Å². The Morgan fingerprint density at radius 3 is 2.08 bits per heavy atom. The molecule has 1 aromatic heterocycles. The number of aromatic nitrogens is 2. The average Bonchev–Trinajstić information content (AvgIpc) is 2.67. The van der Waals surface area contributed by atoms with Gasteiger partial charge in [0.25, 0.3) is 0 Å². The third kappa shape index (κ3) is 3.54. The molecule has 0 N–H and O–H groups in total. The van der Waals surface area contributed by atoms with E-state index >= 15 is 0 Å². The lowest BCUT2D eigenvalue weighted by Gasteiger charge is -2.24. The highest BCUT2D eigenvalue weighted by Crippen LogP contribution is 2.30. The van der Waals surface area contributed by atoms with E-state index in [0.29, 0.717) is 5.82 Å². The first-order valence-electron chi connectivity index (χ1n) is 7.70. The first-order chi connectivity index (χ1) is 11.9. The van der Waals surface area contributed by atoms with Gasteiger partial charge in [0.1, 0.15) is 6.33 Å². The molecule has 0 unspecified atom stereocenters. The molecule has 0 aliphatic rings. The molecule has 0 bridgehead atoms. The average molecular weight is 350 g/mol. The lowest BCUT2D eigenvalue weighted by Crippen LogP contribution is -2.23. The van der Waals surface area contributed by atoms with Crippen molar-refractivity contribution in [3.63, 3.8) is 0 Å². The maximum absolute atomic E-state index is 6.14. The summed E-state index contributed by atoms with van der Waals surface area (Å²) in [4.78, 5) is 14.9. The molecule has 0 spiro atoms. The van der Waals surface area contributed by atoms with Gasteiger partial charge in [-0.2, -0.15) is 5.06 Å². The van der Waals surface area contributed by atoms with E-state index in [0.717, 1.165) is 22.3 Å². The van der Waals surface area contributed by atoms with Crippen LogP contribution in [0.1, 0.15) is 0 Å². The minimum absolute atomic E-state index is 0. The minimum Gasteiger partial charge on any atom is -0.373 e. The number of halogens is 1. The number of hydrogen-bond donors (Lipinski definition) is 0. The maximum atomic E-state index is 6.14. The van der Waals surface area contributed by atoms with Crippen molar-refractivity contribution >= 4 is 34.8 Å². The van der Waals surface area contributed by atoms with E-state index in [1.165, 1.54) is 0 Å². The van der Waals surface area contributed by atoms with Crippen molar-refractivity contribution < 1.29 is 4.84 Å². The van der Waals surface area contributed by atoms with E-state index in [9.17, 15) is 0 Å². The minimum atomic E-state index is 0. The largest absolute Gasteiger partial charge is 0.373 e. The van der Waals surface area contributed by atoms with Gasteiger partial charge in [-0.1, -0.05) is 48.5 Å². The third-order valence-electron chi connectivity index (χ3n) is 3.64. The van der Waals surface area contributed by atoms with Gasteiger partial charge in [0.05, 0.1) is 11.2 Å². The molecule has 25 heavy (non-hydrogen) atoms. The van der Waals surface area contributed by atoms with Crippen LogP contribution in [-0.4, -0.2) is 9.97 Å². The first-order valence-corrected chi connectivity index (χ1v) is 7.70. The summed E-state index contributed by atoms with van der Waals surface area (Å²) < 4.78 is 0. The van der Waals surface area contributed by atoms with Crippen LogP contribution < -0.4 is 9.90 Å². The Morgan fingerprint density at radius 2 is 1.32 bits per heavy atom. The summed E-state index contributed by atoms with van der Waals surface area (Å²) >= 11 is 0. The van der Waals surface area contributed by atoms with Crippen LogP contribution in [0, 0.1) is 0 Å². The van der Waals surface area contributed by atoms with Crippen LogP contribution in [0.4, 0.5) is 11.5 Å². The van der Waals surface area contributed by atoms with E-state index in [1.54, 1.807) is 11.4 Å². The molecule has 4 aromatic rings. The zero-order valence-corrected chi connectivity index (χ0v) is 14.1. The number of nitrogens with zero attached hydrogens (tertiary/aromatic N) is 3. The monoisotopic (exact) mass is 349 g/mol. The summed E-state index contributed by atoms with van der Waals surface area (Å²) in [6.45, 7) is 0.